The maximum absolute atomic E-state index is 10.8. The van der Waals surface area contributed by atoms with Crippen molar-refractivity contribution >= 4 is 11.9 Å². The standard InChI is InChI=1S/C8H12O5/c1-3-6-12-7(9)4-5-8(10)13-11-2/h4-5H,3,6H2,1-2H3/b5-4-. The molecule has 0 saturated heterocycles. The van der Waals surface area contributed by atoms with Gasteiger partial charge in [0.15, 0.2) is 0 Å². The van der Waals surface area contributed by atoms with E-state index in [-0.39, 0.29) is 0 Å². The minimum atomic E-state index is -0.754. The Morgan fingerprint density at radius 2 is 1.85 bits per heavy atom. The average Bonchev–Trinajstić information content (AvgIpc) is 2.12. The molecule has 13 heavy (non-hydrogen) atoms. The number of rotatable bonds is 5. The van der Waals surface area contributed by atoms with Gasteiger partial charge in [0.1, 0.15) is 0 Å². The second-order valence-electron chi connectivity index (χ2n) is 2.07. The van der Waals surface area contributed by atoms with Crippen molar-refractivity contribution in [1.82, 2.24) is 0 Å². The van der Waals surface area contributed by atoms with Gasteiger partial charge in [-0.2, -0.15) is 4.89 Å². The van der Waals surface area contributed by atoms with Gasteiger partial charge >= 0.3 is 11.9 Å². The fourth-order valence-corrected chi connectivity index (χ4v) is 0.497. The van der Waals surface area contributed by atoms with E-state index in [0.717, 1.165) is 18.6 Å². The Bertz CT molecular complexity index is 197. The maximum atomic E-state index is 10.8. The lowest BCUT2D eigenvalue weighted by molar-refractivity contribution is -0.249. The fourth-order valence-electron chi connectivity index (χ4n) is 0.497. The number of hydrogen-bond acceptors (Lipinski definition) is 5. The van der Waals surface area contributed by atoms with Gasteiger partial charge in [0.25, 0.3) is 0 Å². The number of ether oxygens (including phenoxy) is 1. The summed E-state index contributed by atoms with van der Waals surface area (Å²) in [5.41, 5.74) is 0. The van der Waals surface area contributed by atoms with Crippen LogP contribution in [0, 0.1) is 0 Å². The molecule has 0 amide bonds. The van der Waals surface area contributed by atoms with Crippen molar-refractivity contribution in [3.8, 4) is 0 Å². The molecule has 0 fully saturated rings. The first-order chi connectivity index (χ1) is 6.20. The second kappa shape index (κ2) is 7.30. The van der Waals surface area contributed by atoms with Crippen LogP contribution in [0.5, 0.6) is 0 Å². The molecule has 0 unspecified atom stereocenters. The number of carbonyl (C=O) groups is 2. The molecule has 0 atom stereocenters. The van der Waals surface area contributed by atoms with Gasteiger partial charge < -0.3 is 4.74 Å². The Balaban J connectivity index is 3.69. The van der Waals surface area contributed by atoms with E-state index in [9.17, 15) is 9.59 Å². The van der Waals surface area contributed by atoms with Gasteiger partial charge in [-0.05, 0) is 6.42 Å². The molecule has 0 aromatic rings. The van der Waals surface area contributed by atoms with E-state index in [4.69, 9.17) is 0 Å². The van der Waals surface area contributed by atoms with Gasteiger partial charge in [-0.25, -0.2) is 9.59 Å². The molecular weight excluding hydrogens is 176 g/mol. The molecule has 0 spiro atoms. The molecule has 0 radical (unpaired) electrons. The van der Waals surface area contributed by atoms with Crippen LogP contribution in [0.3, 0.4) is 0 Å². The van der Waals surface area contributed by atoms with Crippen LogP contribution in [0.15, 0.2) is 12.2 Å². The monoisotopic (exact) mass is 188 g/mol. The lowest BCUT2D eigenvalue weighted by Gasteiger charge is -1.96. The Labute approximate surface area is 76.2 Å². The molecule has 0 aliphatic rings. The summed E-state index contributed by atoms with van der Waals surface area (Å²) < 4.78 is 4.65. The average molecular weight is 188 g/mol. The van der Waals surface area contributed by atoms with Gasteiger partial charge in [0.2, 0.25) is 0 Å². The van der Waals surface area contributed by atoms with E-state index in [1.165, 1.54) is 7.11 Å². The molecular formula is C8H12O5. The van der Waals surface area contributed by atoms with Crippen LogP contribution in [0.1, 0.15) is 13.3 Å². The van der Waals surface area contributed by atoms with Gasteiger partial charge in [0, 0.05) is 12.2 Å². The molecule has 74 valence electrons. The Morgan fingerprint density at radius 1 is 1.23 bits per heavy atom. The lowest BCUT2D eigenvalue weighted by atomic mass is 10.5. The first kappa shape index (κ1) is 11.6. The first-order valence-electron chi connectivity index (χ1n) is 3.80. The van der Waals surface area contributed by atoms with Crippen LogP contribution >= 0.6 is 0 Å². The summed E-state index contributed by atoms with van der Waals surface area (Å²) >= 11 is 0. The predicted octanol–water partition coefficient (Wildman–Crippen LogP) is 0.600. The van der Waals surface area contributed by atoms with E-state index < -0.39 is 11.9 Å². The van der Waals surface area contributed by atoms with Crippen molar-refractivity contribution in [1.29, 1.82) is 0 Å². The topological polar surface area (TPSA) is 61.8 Å². The quantitative estimate of drug-likeness (QED) is 0.273. The third-order valence-electron chi connectivity index (χ3n) is 0.969. The smallest absolute Gasteiger partial charge is 0.366 e. The van der Waals surface area contributed by atoms with Crippen LogP contribution < -0.4 is 0 Å². The molecule has 5 heteroatoms. The number of hydrogen-bond donors (Lipinski definition) is 0. The van der Waals surface area contributed by atoms with Crippen molar-refractivity contribution in [3.63, 3.8) is 0 Å². The summed E-state index contributed by atoms with van der Waals surface area (Å²) in [7, 11) is 1.20. The normalized spacial score (nSPS) is 10.0. The summed E-state index contributed by atoms with van der Waals surface area (Å²) in [4.78, 5) is 29.5. The zero-order chi connectivity index (χ0) is 10.1. The van der Waals surface area contributed by atoms with Gasteiger partial charge in [0.05, 0.1) is 13.7 Å². The van der Waals surface area contributed by atoms with Crippen molar-refractivity contribution in [3.05, 3.63) is 12.2 Å². The van der Waals surface area contributed by atoms with E-state index in [2.05, 4.69) is 14.5 Å². The molecule has 5 nitrogen and oxygen atoms in total. The van der Waals surface area contributed by atoms with E-state index >= 15 is 0 Å². The van der Waals surface area contributed by atoms with Crippen LogP contribution in [0.4, 0.5) is 0 Å². The zero-order valence-corrected chi connectivity index (χ0v) is 7.61. The summed E-state index contributed by atoms with van der Waals surface area (Å²) in [5.74, 6) is -1.33. The number of carbonyl (C=O) groups excluding carboxylic acids is 2. The van der Waals surface area contributed by atoms with Crippen LogP contribution in [-0.2, 0) is 24.1 Å². The van der Waals surface area contributed by atoms with Crippen molar-refractivity contribution in [2.75, 3.05) is 13.7 Å². The SMILES string of the molecule is CCCOC(=O)/C=C\C(=O)OOC. The van der Waals surface area contributed by atoms with Gasteiger partial charge in [-0.15, -0.1) is 0 Å². The highest BCUT2D eigenvalue weighted by atomic mass is 17.2. The van der Waals surface area contributed by atoms with Crippen LogP contribution in [0.25, 0.3) is 0 Å². The fraction of sp³-hybridized carbons (Fsp3) is 0.500. The maximum Gasteiger partial charge on any atom is 0.366 e. The van der Waals surface area contributed by atoms with Crippen LogP contribution in [-0.4, -0.2) is 25.7 Å². The van der Waals surface area contributed by atoms with Crippen molar-refractivity contribution < 1.29 is 24.1 Å². The lowest BCUT2D eigenvalue weighted by Crippen LogP contribution is -2.04. The van der Waals surface area contributed by atoms with Crippen molar-refractivity contribution in [2.45, 2.75) is 13.3 Å². The second-order valence-corrected chi connectivity index (χ2v) is 2.07. The molecule has 0 saturated carbocycles. The largest absolute Gasteiger partial charge is 0.463 e. The Hall–Kier alpha value is -1.36. The molecule has 0 bridgehead atoms. The van der Waals surface area contributed by atoms with E-state index in [1.54, 1.807) is 0 Å². The van der Waals surface area contributed by atoms with Gasteiger partial charge in [-0.1, -0.05) is 6.92 Å². The minimum Gasteiger partial charge on any atom is -0.463 e. The highest BCUT2D eigenvalue weighted by Gasteiger charge is 1.99. The highest BCUT2D eigenvalue weighted by molar-refractivity contribution is 5.91. The summed E-state index contributed by atoms with van der Waals surface area (Å²) in [6.07, 6.45) is 2.65. The van der Waals surface area contributed by atoms with Crippen molar-refractivity contribution in [2.24, 2.45) is 0 Å². The minimum absolute atomic E-state index is 0.336. The van der Waals surface area contributed by atoms with Crippen LogP contribution in [0.2, 0.25) is 0 Å². The predicted molar refractivity (Wildman–Crippen MR) is 43.5 cm³/mol. The molecule has 0 aliphatic heterocycles. The molecule has 0 aromatic carbocycles. The molecule has 0 heterocycles. The third-order valence-corrected chi connectivity index (χ3v) is 0.969. The van der Waals surface area contributed by atoms with Gasteiger partial charge in [-0.3, -0.25) is 4.89 Å². The van der Waals surface area contributed by atoms with E-state index in [0.29, 0.717) is 6.61 Å². The first-order valence-corrected chi connectivity index (χ1v) is 3.80. The third kappa shape index (κ3) is 7.02. The molecule has 0 aliphatic carbocycles. The summed E-state index contributed by atoms with van der Waals surface area (Å²) in [6, 6.07) is 0. The molecule has 0 N–H and O–H groups in total. The zero-order valence-electron chi connectivity index (χ0n) is 7.61. The molecule has 0 aromatic heterocycles. The van der Waals surface area contributed by atoms with E-state index in [1.807, 2.05) is 6.92 Å². The molecule has 0 rings (SSSR count). The Kier molecular flexibility index (Phi) is 6.53. The summed E-state index contributed by atoms with van der Waals surface area (Å²) in [5, 5.41) is 0. The summed E-state index contributed by atoms with van der Waals surface area (Å²) in [6.45, 7) is 2.21. The Morgan fingerprint density at radius 3 is 2.38 bits per heavy atom. The highest BCUT2D eigenvalue weighted by Crippen LogP contribution is 1.86. The number of esters is 1.